The molecule has 0 aliphatic rings. The van der Waals surface area contributed by atoms with Gasteiger partial charge < -0.3 is 9.36 Å². The van der Waals surface area contributed by atoms with Crippen LogP contribution in [0.25, 0.3) is 0 Å². The number of non-ortho nitro benzene ring substituents is 1. The summed E-state index contributed by atoms with van der Waals surface area (Å²) in [5, 5.41) is 12.4. The number of nitro benzene ring substituents is 1. The molecule has 1 atom stereocenters. The van der Waals surface area contributed by atoms with Crippen LogP contribution in [0.4, 0.5) is 5.69 Å². The number of nitrogens with zero attached hydrogens (tertiary/aromatic N) is 1. The molecule has 3 aromatic rings. The second kappa shape index (κ2) is 8.11. The number of rotatable bonds is 7. The van der Waals surface area contributed by atoms with Gasteiger partial charge in [-0.2, -0.15) is 0 Å². The lowest BCUT2D eigenvalue weighted by Gasteiger charge is -2.28. The predicted molar refractivity (Wildman–Crippen MR) is 106 cm³/mol. The van der Waals surface area contributed by atoms with E-state index in [2.05, 4.69) is 0 Å². The van der Waals surface area contributed by atoms with Gasteiger partial charge in [0.25, 0.3) is 5.69 Å². The molecule has 0 unspecified atom stereocenters. The van der Waals surface area contributed by atoms with Gasteiger partial charge in [-0.3, -0.25) is 10.1 Å². The van der Waals surface area contributed by atoms with Crippen molar-refractivity contribution in [3.63, 3.8) is 0 Å². The highest BCUT2D eigenvalue weighted by molar-refractivity contribution is 7.79. The molecule has 27 heavy (non-hydrogen) atoms. The van der Waals surface area contributed by atoms with E-state index in [0.29, 0.717) is 16.2 Å². The Balaban J connectivity index is 2.25. The molecule has 0 amide bonds. The van der Waals surface area contributed by atoms with Gasteiger partial charge in [-0.05, 0) is 5.56 Å². The number of carbonyl (C=O) groups excluding carboxylic acids is 1. The van der Waals surface area contributed by atoms with Gasteiger partial charge >= 0.3 is 0 Å². The van der Waals surface area contributed by atoms with Gasteiger partial charge in [-0.1, -0.05) is 72.8 Å². The number of carbonyl (C=O) groups is 1. The van der Waals surface area contributed by atoms with Crippen molar-refractivity contribution in [3.8, 4) is 0 Å². The molecule has 0 saturated heterocycles. The van der Waals surface area contributed by atoms with Crippen molar-refractivity contribution in [3.05, 3.63) is 101 Å². The van der Waals surface area contributed by atoms with Crippen molar-refractivity contribution in [2.45, 2.75) is 12.1 Å². The summed E-state index contributed by atoms with van der Waals surface area (Å²) in [5.41, 5.74) is -0.247. The lowest BCUT2D eigenvalue weighted by atomic mass is 10.1. The standard InChI is InChI=1S/C21H18NO4P/c23-15-14-21(17-8-7-9-18(16-17)22(24)25)27(26,19-10-3-1-4-11-19)20-12-5-2-6-13-20/h1-13,15-16,21H,14H2/t21-/m0/s1. The van der Waals surface area contributed by atoms with E-state index in [9.17, 15) is 19.5 Å². The molecule has 3 rings (SSSR count). The molecule has 0 saturated carbocycles. The van der Waals surface area contributed by atoms with Crippen LogP contribution >= 0.6 is 7.14 Å². The van der Waals surface area contributed by atoms with Gasteiger partial charge in [0, 0.05) is 29.2 Å². The predicted octanol–water partition coefficient (Wildman–Crippen LogP) is 4.24. The largest absolute Gasteiger partial charge is 0.313 e. The molecular weight excluding hydrogens is 361 g/mol. The lowest BCUT2D eigenvalue weighted by molar-refractivity contribution is -0.384. The van der Waals surface area contributed by atoms with Crippen LogP contribution in [0.2, 0.25) is 0 Å². The maximum Gasteiger partial charge on any atom is 0.269 e. The van der Waals surface area contributed by atoms with Crippen molar-refractivity contribution in [2.24, 2.45) is 0 Å². The van der Waals surface area contributed by atoms with Gasteiger partial charge in [0.15, 0.2) is 7.14 Å². The van der Waals surface area contributed by atoms with E-state index < -0.39 is 17.7 Å². The number of hydrogen-bond donors (Lipinski definition) is 0. The monoisotopic (exact) mass is 379 g/mol. The van der Waals surface area contributed by atoms with Crippen LogP contribution in [0.1, 0.15) is 17.6 Å². The maximum atomic E-state index is 14.5. The molecule has 3 aromatic carbocycles. The Morgan fingerprint density at radius 3 is 1.93 bits per heavy atom. The van der Waals surface area contributed by atoms with Crippen molar-refractivity contribution in [1.29, 1.82) is 0 Å². The van der Waals surface area contributed by atoms with Crippen LogP contribution in [-0.4, -0.2) is 11.2 Å². The Labute approximate surface area is 157 Å². The molecule has 0 aromatic heterocycles. The maximum absolute atomic E-state index is 14.5. The zero-order valence-corrected chi connectivity index (χ0v) is 15.4. The van der Waals surface area contributed by atoms with Gasteiger partial charge in [0.1, 0.15) is 6.29 Å². The van der Waals surface area contributed by atoms with Crippen LogP contribution < -0.4 is 10.6 Å². The molecule has 0 spiro atoms. The Hall–Kier alpha value is -3.04. The minimum atomic E-state index is -3.28. The van der Waals surface area contributed by atoms with E-state index in [1.54, 1.807) is 60.7 Å². The molecule has 0 heterocycles. The summed E-state index contributed by atoms with van der Waals surface area (Å²) in [4.78, 5) is 22.2. The van der Waals surface area contributed by atoms with E-state index in [1.807, 2.05) is 12.1 Å². The molecule has 6 heteroatoms. The molecule has 0 bridgehead atoms. The topological polar surface area (TPSA) is 77.3 Å². The fourth-order valence-corrected chi connectivity index (χ4v) is 6.45. The van der Waals surface area contributed by atoms with Crippen LogP contribution in [-0.2, 0) is 9.36 Å². The normalized spacial score (nSPS) is 12.3. The molecule has 0 aliphatic carbocycles. The van der Waals surface area contributed by atoms with Crippen LogP contribution in [0, 0.1) is 10.1 Å². The molecule has 0 aliphatic heterocycles. The number of benzene rings is 3. The Kier molecular flexibility index (Phi) is 5.63. The Morgan fingerprint density at radius 1 is 0.889 bits per heavy atom. The molecular formula is C21H18NO4P. The second-order valence-corrected chi connectivity index (χ2v) is 9.07. The Bertz CT molecular complexity index is 946. The third kappa shape index (κ3) is 3.74. The highest BCUT2D eigenvalue weighted by atomic mass is 31.2. The smallest absolute Gasteiger partial charge is 0.269 e. The van der Waals surface area contributed by atoms with Crippen molar-refractivity contribution >= 4 is 29.7 Å². The average molecular weight is 379 g/mol. The summed E-state index contributed by atoms with van der Waals surface area (Å²) in [5.74, 6) is 0. The van der Waals surface area contributed by atoms with Crippen LogP contribution in [0.15, 0.2) is 84.9 Å². The number of hydrogen-bond acceptors (Lipinski definition) is 4. The number of nitro groups is 1. The minimum Gasteiger partial charge on any atom is -0.313 e. The fraction of sp³-hybridized carbons (Fsp3) is 0.0952. The fourth-order valence-electron chi connectivity index (χ4n) is 3.24. The first-order valence-electron chi connectivity index (χ1n) is 8.46. The van der Waals surface area contributed by atoms with Crippen molar-refractivity contribution < 1.29 is 14.3 Å². The third-order valence-corrected chi connectivity index (χ3v) is 8.02. The highest BCUT2D eigenvalue weighted by Crippen LogP contribution is 2.58. The van der Waals surface area contributed by atoms with Crippen LogP contribution in [0.3, 0.4) is 0 Å². The molecule has 5 nitrogen and oxygen atoms in total. The van der Waals surface area contributed by atoms with Crippen molar-refractivity contribution in [2.75, 3.05) is 0 Å². The van der Waals surface area contributed by atoms with E-state index in [-0.39, 0.29) is 12.1 Å². The van der Waals surface area contributed by atoms with Gasteiger partial charge in [-0.15, -0.1) is 0 Å². The first-order chi connectivity index (χ1) is 13.1. The first-order valence-corrected chi connectivity index (χ1v) is 10.2. The summed E-state index contributed by atoms with van der Waals surface area (Å²) in [6.07, 6.45) is 0.726. The average Bonchev–Trinajstić information content (AvgIpc) is 2.73. The van der Waals surface area contributed by atoms with E-state index in [0.717, 1.165) is 6.29 Å². The van der Waals surface area contributed by atoms with Crippen LogP contribution in [0.5, 0.6) is 0 Å². The van der Waals surface area contributed by atoms with Gasteiger partial charge in [-0.25, -0.2) is 0 Å². The third-order valence-electron chi connectivity index (χ3n) is 4.50. The lowest BCUT2D eigenvalue weighted by Crippen LogP contribution is -2.22. The highest BCUT2D eigenvalue weighted by Gasteiger charge is 2.37. The summed E-state index contributed by atoms with van der Waals surface area (Å²) in [7, 11) is -3.28. The molecule has 136 valence electrons. The number of aldehydes is 1. The first kappa shape index (κ1) is 18.7. The van der Waals surface area contributed by atoms with Crippen molar-refractivity contribution in [1.82, 2.24) is 0 Å². The summed E-state index contributed by atoms with van der Waals surface area (Å²) in [6, 6.07) is 24.0. The molecule has 0 fully saturated rings. The van der Waals surface area contributed by atoms with Gasteiger partial charge in [0.05, 0.1) is 10.6 Å². The minimum absolute atomic E-state index is 0.00222. The Morgan fingerprint density at radius 2 is 1.44 bits per heavy atom. The zero-order valence-electron chi connectivity index (χ0n) is 14.5. The summed E-state index contributed by atoms with van der Waals surface area (Å²) in [6.45, 7) is 0. The molecule has 0 radical (unpaired) electrons. The molecule has 0 N–H and O–H groups in total. The summed E-state index contributed by atoms with van der Waals surface area (Å²) < 4.78 is 14.5. The zero-order chi connectivity index (χ0) is 19.3. The SMILES string of the molecule is O=CC[C@@H](c1cccc([N+](=O)[O-])c1)P(=O)(c1ccccc1)c1ccccc1. The second-order valence-electron chi connectivity index (χ2n) is 6.10. The van der Waals surface area contributed by atoms with Gasteiger partial charge in [0.2, 0.25) is 0 Å². The van der Waals surface area contributed by atoms with E-state index in [1.165, 1.54) is 12.1 Å². The quantitative estimate of drug-likeness (QED) is 0.266. The summed E-state index contributed by atoms with van der Waals surface area (Å²) >= 11 is 0. The van der Waals surface area contributed by atoms with E-state index in [4.69, 9.17) is 0 Å². The van der Waals surface area contributed by atoms with E-state index >= 15 is 0 Å².